The topological polar surface area (TPSA) is 9.23 Å². The van der Waals surface area contributed by atoms with Crippen molar-refractivity contribution in [3.63, 3.8) is 0 Å². The van der Waals surface area contributed by atoms with E-state index in [-0.39, 0.29) is 0 Å². The first kappa shape index (κ1) is 11.0. The molecule has 82 valence electrons. The van der Waals surface area contributed by atoms with Gasteiger partial charge in [0, 0.05) is 10.7 Å². The van der Waals surface area contributed by atoms with Gasteiger partial charge < -0.3 is 4.74 Å². The summed E-state index contributed by atoms with van der Waals surface area (Å²) in [7, 11) is 0. The third kappa shape index (κ3) is 2.36. The standard InChI is InChI=1S/C13H17BrO/c1-2-5-12(14)10-8-9-15-13-7-4-3-6-11(10)13/h3-4,6-7,10,12H,2,5,8-9H2,1H3. The van der Waals surface area contributed by atoms with Crippen molar-refractivity contribution in [2.45, 2.75) is 36.9 Å². The summed E-state index contributed by atoms with van der Waals surface area (Å²) in [6, 6.07) is 8.42. The van der Waals surface area contributed by atoms with Crippen LogP contribution < -0.4 is 4.74 Å². The van der Waals surface area contributed by atoms with E-state index in [1.807, 2.05) is 6.07 Å². The molecule has 0 aliphatic carbocycles. The number of hydrogen-bond acceptors (Lipinski definition) is 1. The Morgan fingerprint density at radius 1 is 1.47 bits per heavy atom. The first-order valence-corrected chi connectivity index (χ1v) is 6.60. The molecule has 1 aromatic rings. The largest absolute Gasteiger partial charge is 0.493 e. The van der Waals surface area contributed by atoms with Gasteiger partial charge in [-0.3, -0.25) is 0 Å². The second-order valence-electron chi connectivity index (χ2n) is 4.09. The van der Waals surface area contributed by atoms with E-state index >= 15 is 0 Å². The van der Waals surface area contributed by atoms with Crippen molar-refractivity contribution in [2.24, 2.45) is 0 Å². The number of halogens is 1. The molecule has 1 aliphatic rings. The molecule has 1 nitrogen and oxygen atoms in total. The van der Waals surface area contributed by atoms with Gasteiger partial charge in [0.1, 0.15) is 5.75 Å². The molecule has 15 heavy (non-hydrogen) atoms. The molecular weight excluding hydrogens is 252 g/mol. The smallest absolute Gasteiger partial charge is 0.122 e. The average molecular weight is 269 g/mol. The van der Waals surface area contributed by atoms with Gasteiger partial charge in [-0.1, -0.05) is 47.5 Å². The molecule has 2 rings (SSSR count). The molecule has 0 aromatic heterocycles. The zero-order valence-electron chi connectivity index (χ0n) is 9.08. The van der Waals surface area contributed by atoms with Crippen LogP contribution in [0, 0.1) is 0 Å². The molecule has 0 spiro atoms. The quantitative estimate of drug-likeness (QED) is 0.750. The van der Waals surface area contributed by atoms with Crippen molar-refractivity contribution in [1.82, 2.24) is 0 Å². The van der Waals surface area contributed by atoms with E-state index in [0.717, 1.165) is 18.8 Å². The van der Waals surface area contributed by atoms with Crippen LogP contribution in [0.25, 0.3) is 0 Å². The second-order valence-corrected chi connectivity index (χ2v) is 5.26. The van der Waals surface area contributed by atoms with Crippen LogP contribution in [0.2, 0.25) is 0 Å². The number of rotatable bonds is 3. The van der Waals surface area contributed by atoms with Crippen LogP contribution in [0.15, 0.2) is 24.3 Å². The molecule has 2 unspecified atom stereocenters. The lowest BCUT2D eigenvalue weighted by atomic mass is 9.89. The Hall–Kier alpha value is -0.500. The Labute approximate surface area is 100.0 Å². The molecule has 0 radical (unpaired) electrons. The maximum absolute atomic E-state index is 5.66. The highest BCUT2D eigenvalue weighted by Crippen LogP contribution is 2.39. The van der Waals surface area contributed by atoms with Crippen molar-refractivity contribution in [2.75, 3.05) is 6.61 Å². The predicted octanol–water partition coefficient (Wildman–Crippen LogP) is 4.12. The van der Waals surface area contributed by atoms with Crippen molar-refractivity contribution < 1.29 is 4.74 Å². The molecule has 1 aromatic carbocycles. The molecule has 0 N–H and O–H groups in total. The maximum Gasteiger partial charge on any atom is 0.122 e. The molecule has 0 saturated carbocycles. The summed E-state index contributed by atoms with van der Waals surface area (Å²) in [5.41, 5.74) is 1.37. The summed E-state index contributed by atoms with van der Waals surface area (Å²) in [4.78, 5) is 0.590. The zero-order chi connectivity index (χ0) is 10.7. The Kier molecular flexibility index (Phi) is 3.68. The van der Waals surface area contributed by atoms with E-state index < -0.39 is 0 Å². The molecule has 0 saturated heterocycles. The Morgan fingerprint density at radius 2 is 2.27 bits per heavy atom. The minimum atomic E-state index is 0.590. The molecule has 1 heterocycles. The SMILES string of the molecule is CCCC(Br)C1CCOc2ccccc21. The van der Waals surface area contributed by atoms with Gasteiger partial charge in [0.25, 0.3) is 0 Å². The fraction of sp³-hybridized carbons (Fsp3) is 0.538. The first-order chi connectivity index (χ1) is 7.33. The number of ether oxygens (including phenoxy) is 1. The lowest BCUT2D eigenvalue weighted by Gasteiger charge is -2.29. The number of alkyl halides is 1. The Morgan fingerprint density at radius 3 is 3.07 bits per heavy atom. The predicted molar refractivity (Wildman–Crippen MR) is 66.9 cm³/mol. The minimum Gasteiger partial charge on any atom is -0.493 e. The van der Waals surface area contributed by atoms with E-state index in [1.165, 1.54) is 18.4 Å². The highest BCUT2D eigenvalue weighted by Gasteiger charge is 2.26. The fourth-order valence-electron chi connectivity index (χ4n) is 2.22. The van der Waals surface area contributed by atoms with E-state index in [0.29, 0.717) is 10.7 Å². The third-order valence-electron chi connectivity index (χ3n) is 3.01. The Bertz CT molecular complexity index is 324. The average Bonchev–Trinajstić information content (AvgIpc) is 2.28. The number of para-hydroxylation sites is 1. The monoisotopic (exact) mass is 268 g/mol. The van der Waals surface area contributed by atoms with Gasteiger partial charge in [0.2, 0.25) is 0 Å². The van der Waals surface area contributed by atoms with Gasteiger partial charge >= 0.3 is 0 Å². The molecule has 0 amide bonds. The highest BCUT2D eigenvalue weighted by atomic mass is 79.9. The third-order valence-corrected chi connectivity index (χ3v) is 4.10. The molecule has 0 fully saturated rings. The van der Waals surface area contributed by atoms with Crippen LogP contribution in [0.5, 0.6) is 5.75 Å². The number of benzene rings is 1. The van der Waals surface area contributed by atoms with Crippen LogP contribution >= 0.6 is 15.9 Å². The molecule has 2 atom stereocenters. The van der Waals surface area contributed by atoms with Crippen molar-refractivity contribution in [3.05, 3.63) is 29.8 Å². The second kappa shape index (κ2) is 5.02. The summed E-state index contributed by atoms with van der Waals surface area (Å²) in [6.07, 6.45) is 3.60. The summed E-state index contributed by atoms with van der Waals surface area (Å²) in [5.74, 6) is 1.70. The van der Waals surface area contributed by atoms with Crippen LogP contribution in [0.4, 0.5) is 0 Å². The van der Waals surface area contributed by atoms with E-state index in [4.69, 9.17) is 4.74 Å². The van der Waals surface area contributed by atoms with Crippen molar-refractivity contribution in [1.29, 1.82) is 0 Å². The van der Waals surface area contributed by atoms with Crippen LogP contribution in [-0.4, -0.2) is 11.4 Å². The molecule has 2 heteroatoms. The van der Waals surface area contributed by atoms with Crippen molar-refractivity contribution in [3.8, 4) is 5.75 Å². The van der Waals surface area contributed by atoms with E-state index in [9.17, 15) is 0 Å². The van der Waals surface area contributed by atoms with Gasteiger partial charge in [-0.25, -0.2) is 0 Å². The van der Waals surface area contributed by atoms with E-state index in [1.54, 1.807) is 0 Å². The van der Waals surface area contributed by atoms with Crippen molar-refractivity contribution >= 4 is 15.9 Å². The van der Waals surface area contributed by atoms with Gasteiger partial charge in [0.15, 0.2) is 0 Å². The fourth-order valence-corrected chi connectivity index (χ4v) is 3.23. The summed E-state index contributed by atoms with van der Waals surface area (Å²) < 4.78 is 5.66. The van der Waals surface area contributed by atoms with Gasteiger partial charge in [-0.2, -0.15) is 0 Å². The van der Waals surface area contributed by atoms with Crippen LogP contribution in [0.3, 0.4) is 0 Å². The molecular formula is C13H17BrO. The van der Waals surface area contributed by atoms with Gasteiger partial charge in [-0.15, -0.1) is 0 Å². The van der Waals surface area contributed by atoms with Crippen LogP contribution in [0.1, 0.15) is 37.7 Å². The summed E-state index contributed by atoms with van der Waals surface area (Å²) in [6.45, 7) is 3.09. The summed E-state index contributed by atoms with van der Waals surface area (Å²) in [5, 5.41) is 0. The van der Waals surface area contributed by atoms with E-state index in [2.05, 4.69) is 41.1 Å². The molecule has 1 aliphatic heterocycles. The van der Waals surface area contributed by atoms with Gasteiger partial charge in [-0.05, 0) is 24.5 Å². The maximum atomic E-state index is 5.66. The normalized spacial score (nSPS) is 21.6. The highest BCUT2D eigenvalue weighted by molar-refractivity contribution is 9.09. The lowest BCUT2D eigenvalue weighted by molar-refractivity contribution is 0.264. The molecule has 0 bridgehead atoms. The number of hydrogen-bond donors (Lipinski definition) is 0. The van der Waals surface area contributed by atoms with Crippen LogP contribution in [-0.2, 0) is 0 Å². The summed E-state index contributed by atoms with van der Waals surface area (Å²) >= 11 is 3.81. The first-order valence-electron chi connectivity index (χ1n) is 5.68. The van der Waals surface area contributed by atoms with Gasteiger partial charge in [0.05, 0.1) is 6.61 Å². The zero-order valence-corrected chi connectivity index (χ0v) is 10.7. The number of fused-ring (bicyclic) bond motifs is 1. The Balaban J connectivity index is 2.21. The lowest BCUT2D eigenvalue weighted by Crippen LogP contribution is -2.21. The minimum absolute atomic E-state index is 0.590.